The highest BCUT2D eigenvalue weighted by atomic mass is 16.5. The Hall–Kier alpha value is -13.9. The van der Waals surface area contributed by atoms with E-state index in [2.05, 4.69) is 254 Å². The summed E-state index contributed by atoms with van der Waals surface area (Å²) in [7, 11) is 6.29. The summed E-state index contributed by atoms with van der Waals surface area (Å²) in [5, 5.41) is 11.7. The van der Waals surface area contributed by atoms with Gasteiger partial charge in [-0.15, -0.1) is 0 Å². The van der Waals surface area contributed by atoms with Gasteiger partial charge in [-0.25, -0.2) is 19.9 Å². The Bertz CT molecular complexity index is 6350. The number of likely N-dealkylation sites (N-methyl/N-ethyl adjacent to an activating group) is 1. The number of phenols is 1. The van der Waals surface area contributed by atoms with Gasteiger partial charge in [-0.1, -0.05) is 91.0 Å². The Morgan fingerprint density at radius 1 is 0.339 bits per heavy atom. The molecular weight excluding hydrogens is 1420 g/mol. The molecule has 18 aromatic rings. The molecule has 1 N–H and O–H groups in total. The molecule has 17 nitrogen and oxygen atoms in total. The normalized spacial score (nSPS) is 12.3. The lowest BCUT2D eigenvalue weighted by molar-refractivity contribution is 0.242. The second-order valence-corrected chi connectivity index (χ2v) is 29.8. The van der Waals surface area contributed by atoms with Crippen LogP contribution in [0.5, 0.6) is 23.0 Å². The number of phenolic OH excluding ortho intramolecular Hbond substituents is 1. The van der Waals surface area contributed by atoms with E-state index in [1.807, 2.05) is 170 Å². The van der Waals surface area contributed by atoms with Crippen LogP contribution >= 0.6 is 0 Å². The van der Waals surface area contributed by atoms with Gasteiger partial charge in [0.25, 0.3) is 0 Å². The third kappa shape index (κ3) is 17.1. The van der Waals surface area contributed by atoms with Crippen molar-refractivity contribution >= 4 is 55.8 Å². The lowest BCUT2D eigenvalue weighted by atomic mass is 10.1. The number of aromatic nitrogens is 10. The minimum atomic E-state index is 0.167. The zero-order valence-corrected chi connectivity index (χ0v) is 66.1. The minimum Gasteiger partial charge on any atom is -0.508 e. The van der Waals surface area contributed by atoms with Gasteiger partial charge < -0.3 is 34.0 Å². The first-order chi connectivity index (χ1) is 56.0. The molecule has 1 aliphatic rings. The SMILES string of the molecule is CC(C)Oc1ccc(-c2ccn3c(-c4ccc(N(C)C)cc4)cnc3c2)cc1.CC(C)Oc1ccc(-c2ccn3c(-c4ccc(O)cc4)cnc3c2)cc1.CC(C)Oc1ccc(-c2ccn3c(-c4ccc5ncccc5c4)cnc3c2)cc1.CN1CCN(c2ccc(-c3ccn4c(-c5ccnc6ccccc56)cnc4c3)cc2)CC1. The van der Waals surface area contributed by atoms with E-state index in [1.54, 1.807) is 12.1 Å². The molecule has 572 valence electrons. The molecule has 19 rings (SSSR count). The lowest BCUT2D eigenvalue weighted by Crippen LogP contribution is -2.44. The number of pyridine rings is 6. The first-order valence-corrected chi connectivity index (χ1v) is 39.0. The molecule has 8 aromatic carbocycles. The number of hydrogen-bond donors (Lipinski definition) is 1. The van der Waals surface area contributed by atoms with Crippen molar-refractivity contribution in [1.82, 2.24) is 52.4 Å². The van der Waals surface area contributed by atoms with Crippen molar-refractivity contribution in [2.24, 2.45) is 0 Å². The van der Waals surface area contributed by atoms with E-state index in [4.69, 9.17) is 19.2 Å². The average Bonchev–Trinajstić information content (AvgIpc) is 1.65. The van der Waals surface area contributed by atoms with E-state index >= 15 is 0 Å². The van der Waals surface area contributed by atoms with E-state index in [0.717, 1.165) is 166 Å². The number of para-hydroxylation sites is 1. The van der Waals surface area contributed by atoms with Gasteiger partial charge in [0.1, 0.15) is 45.6 Å². The third-order valence-corrected chi connectivity index (χ3v) is 20.5. The number of nitrogens with zero attached hydrogens (tertiary/aromatic N) is 13. The van der Waals surface area contributed by atoms with E-state index in [-0.39, 0.29) is 24.1 Å². The highest BCUT2D eigenvalue weighted by molar-refractivity contribution is 5.94. The molecular formula is C98H91N13O4. The standard InChI is InChI=1S/C27H25N5.C25H21N3O.C24H25N3O.C22H20N2O2/c1-30-14-16-31(17-15-30)22-8-6-20(7-9-22)21-11-13-32-26(19-29-27(32)18-21)24-10-12-28-25-5-3-2-4-23(24)25;1-17(2)29-22-8-5-18(6-9-22)19-11-13-28-24(16-27-25(28)15-19)21-7-10-23-20(14-21)4-3-12-26-23;1-17(2)28-22-11-7-18(8-12-22)20-13-14-27-23(16-25-24(27)15-20)19-5-9-21(10-6-19)26(3)4;1-15(2)26-20-9-5-16(6-10-20)18-11-12-24-21(14-23-22(24)13-18)17-3-7-19(25)8-4-17/h2-13,18-19H,14-17H2,1H3;3-17H,1-2H3;5-17H,1-4H3;3-15,25H,1-2H3. The van der Waals surface area contributed by atoms with Crippen LogP contribution in [0.2, 0.25) is 0 Å². The molecule has 0 spiro atoms. The fourth-order valence-electron chi connectivity index (χ4n) is 14.5. The van der Waals surface area contributed by atoms with E-state index < -0.39 is 0 Å². The molecule has 1 fully saturated rings. The Morgan fingerprint density at radius 2 is 0.730 bits per heavy atom. The van der Waals surface area contributed by atoms with Crippen LogP contribution in [0.25, 0.3) is 134 Å². The van der Waals surface area contributed by atoms with Crippen LogP contribution in [0.15, 0.2) is 317 Å². The van der Waals surface area contributed by atoms with Crippen molar-refractivity contribution in [3.63, 3.8) is 0 Å². The van der Waals surface area contributed by atoms with Crippen LogP contribution in [0.4, 0.5) is 11.4 Å². The van der Waals surface area contributed by atoms with Gasteiger partial charge in [0.15, 0.2) is 0 Å². The number of fused-ring (bicyclic) bond motifs is 6. The lowest BCUT2D eigenvalue weighted by Gasteiger charge is -2.34. The molecule has 17 heteroatoms. The monoisotopic (exact) mass is 1510 g/mol. The molecule has 1 saturated heterocycles. The quantitative estimate of drug-likeness (QED) is 0.0977. The fourth-order valence-corrected chi connectivity index (χ4v) is 14.5. The molecule has 0 amide bonds. The molecule has 0 unspecified atom stereocenters. The van der Waals surface area contributed by atoms with Gasteiger partial charge in [0.2, 0.25) is 0 Å². The van der Waals surface area contributed by atoms with Crippen LogP contribution in [0, 0.1) is 0 Å². The first-order valence-electron chi connectivity index (χ1n) is 39.0. The molecule has 0 aliphatic carbocycles. The third-order valence-electron chi connectivity index (χ3n) is 20.5. The van der Waals surface area contributed by atoms with Gasteiger partial charge in [-0.05, 0) is 257 Å². The first kappa shape index (κ1) is 75.2. The largest absolute Gasteiger partial charge is 0.508 e. The Kier molecular flexibility index (Phi) is 21.9. The zero-order valence-electron chi connectivity index (χ0n) is 66.1. The average molecular weight is 1510 g/mol. The number of piperazine rings is 1. The molecule has 1 aliphatic heterocycles. The number of ether oxygens (including phenoxy) is 3. The van der Waals surface area contributed by atoms with Crippen molar-refractivity contribution in [2.75, 3.05) is 57.1 Å². The van der Waals surface area contributed by atoms with Crippen LogP contribution < -0.4 is 24.0 Å². The fraction of sp³-hybridized carbons (Fsp3) is 0.163. The molecule has 0 atom stereocenters. The predicted molar refractivity (Wildman–Crippen MR) is 468 cm³/mol. The molecule has 0 saturated carbocycles. The van der Waals surface area contributed by atoms with Crippen molar-refractivity contribution in [2.45, 2.75) is 59.9 Å². The van der Waals surface area contributed by atoms with Gasteiger partial charge >= 0.3 is 0 Å². The molecule has 10 aromatic heterocycles. The van der Waals surface area contributed by atoms with Crippen molar-refractivity contribution in [3.8, 4) is 113 Å². The van der Waals surface area contributed by atoms with Crippen LogP contribution in [0.3, 0.4) is 0 Å². The maximum Gasteiger partial charge on any atom is 0.137 e. The Balaban J connectivity index is 0.000000116. The summed E-state index contributed by atoms with van der Waals surface area (Å²) in [6.45, 7) is 16.6. The topological polar surface area (TPSA) is 153 Å². The molecule has 115 heavy (non-hydrogen) atoms. The maximum absolute atomic E-state index is 9.47. The van der Waals surface area contributed by atoms with Crippen LogP contribution in [-0.4, -0.2) is 123 Å². The number of anilines is 2. The van der Waals surface area contributed by atoms with E-state index in [0.29, 0.717) is 0 Å². The van der Waals surface area contributed by atoms with Crippen LogP contribution in [-0.2, 0) is 0 Å². The summed E-state index contributed by atoms with van der Waals surface area (Å²) in [5.41, 5.74) is 26.0. The summed E-state index contributed by atoms with van der Waals surface area (Å²) in [6.07, 6.45) is 20.2. The minimum absolute atomic E-state index is 0.167. The highest BCUT2D eigenvalue weighted by Crippen LogP contribution is 2.35. The number of rotatable bonds is 16. The van der Waals surface area contributed by atoms with E-state index in [1.165, 1.54) is 22.5 Å². The van der Waals surface area contributed by atoms with Crippen LogP contribution in [0.1, 0.15) is 41.5 Å². The summed E-state index contributed by atoms with van der Waals surface area (Å²) >= 11 is 0. The van der Waals surface area contributed by atoms with Crippen molar-refractivity contribution in [3.05, 3.63) is 317 Å². The summed E-state index contributed by atoms with van der Waals surface area (Å²) in [4.78, 5) is 34.4. The van der Waals surface area contributed by atoms with Gasteiger partial charge in [0, 0.05) is 122 Å². The van der Waals surface area contributed by atoms with Crippen molar-refractivity contribution in [1.29, 1.82) is 0 Å². The second kappa shape index (κ2) is 33.6. The Morgan fingerprint density at radius 3 is 1.18 bits per heavy atom. The predicted octanol–water partition coefficient (Wildman–Crippen LogP) is 21.7. The zero-order chi connectivity index (χ0) is 79.1. The number of benzene rings is 8. The summed E-state index contributed by atoms with van der Waals surface area (Å²) < 4.78 is 25.6. The smallest absolute Gasteiger partial charge is 0.137 e. The number of hydrogen-bond acceptors (Lipinski definition) is 13. The molecule has 0 radical (unpaired) electrons. The van der Waals surface area contributed by atoms with Crippen molar-refractivity contribution < 1.29 is 19.3 Å². The van der Waals surface area contributed by atoms with Gasteiger partial charge in [0.05, 0.1) is 76.9 Å². The Labute approximate surface area is 669 Å². The summed E-state index contributed by atoms with van der Waals surface area (Å²) in [6, 6.07) is 86.8. The number of aromatic hydroxyl groups is 1. The van der Waals surface area contributed by atoms with Gasteiger partial charge in [-0.2, -0.15) is 0 Å². The summed E-state index contributed by atoms with van der Waals surface area (Å²) in [5.74, 6) is 2.91. The molecule has 11 heterocycles. The maximum atomic E-state index is 9.47. The van der Waals surface area contributed by atoms with E-state index in [9.17, 15) is 5.11 Å². The molecule has 0 bridgehead atoms. The highest BCUT2D eigenvalue weighted by Gasteiger charge is 2.18. The number of imidazole rings is 4. The second-order valence-electron chi connectivity index (χ2n) is 29.8. The van der Waals surface area contributed by atoms with Gasteiger partial charge in [-0.3, -0.25) is 27.6 Å².